The monoisotopic (exact) mass is 738 g/mol. The predicted octanol–water partition coefficient (Wildman–Crippen LogP) is 10.4. The molecule has 0 amide bonds. The van der Waals surface area contributed by atoms with E-state index >= 15 is 0 Å². The van der Waals surface area contributed by atoms with Gasteiger partial charge in [0.25, 0.3) is 0 Å². The molecule has 0 bridgehead atoms. The second-order valence-electron chi connectivity index (χ2n) is 13.7. The molecule has 0 aromatic heterocycles. The molecule has 0 saturated heterocycles. The normalized spacial score (nSPS) is 19.1. The first-order valence-electron chi connectivity index (χ1n) is 16.6. The Balaban J connectivity index is 1.55. The third-order valence-corrected chi connectivity index (χ3v) is 68.0. The van der Waals surface area contributed by atoms with Crippen LogP contribution in [-0.4, -0.2) is 5.92 Å². The fraction of sp³-hybridized carbons (Fsp3) is 0.0698. The number of allylic oxidation sites excluding steroid dienone is 2. The zero-order valence-electron chi connectivity index (χ0n) is 25.9. The summed E-state index contributed by atoms with van der Waals surface area (Å²) in [6.07, 6.45) is 9.45. The maximum absolute atomic E-state index is 9.75. The number of benzene rings is 6. The Labute approximate surface area is 282 Å². The summed E-state index contributed by atoms with van der Waals surface area (Å²) in [4.78, 5) is 0. The molecule has 2 atom stereocenters. The summed E-state index contributed by atoms with van der Waals surface area (Å²) in [6.45, 7) is 0. The summed E-state index contributed by atoms with van der Waals surface area (Å²) in [5, 5.41) is 2.61. The third kappa shape index (κ3) is 3.85. The van der Waals surface area contributed by atoms with E-state index in [-0.39, 0.29) is 10.9 Å². The van der Waals surface area contributed by atoms with Crippen molar-refractivity contribution in [1.82, 2.24) is 0 Å². The molecule has 0 nitrogen and oxygen atoms in total. The Hall–Kier alpha value is -3.52. The van der Waals surface area contributed by atoms with Crippen molar-refractivity contribution in [3.63, 3.8) is 0 Å². The fourth-order valence-corrected chi connectivity index (χ4v) is 74.7. The summed E-state index contributed by atoms with van der Waals surface area (Å²) in [7, 11) is 19.5. The number of hydrogen-bond acceptors (Lipinski definition) is 0. The van der Waals surface area contributed by atoms with E-state index in [1.165, 1.54) is 54.9 Å². The van der Waals surface area contributed by atoms with E-state index in [2.05, 4.69) is 182 Å². The van der Waals surface area contributed by atoms with Crippen LogP contribution in [0, 0.1) is 0 Å². The summed E-state index contributed by atoms with van der Waals surface area (Å²) in [5.74, 6) is -2.59. The molecule has 0 heterocycles. The molecule has 47 heavy (non-hydrogen) atoms. The molecule has 2 unspecified atom stereocenters. The van der Waals surface area contributed by atoms with Gasteiger partial charge in [0, 0.05) is 0 Å². The van der Waals surface area contributed by atoms with Gasteiger partial charge in [0.05, 0.1) is 0 Å². The van der Waals surface area contributed by atoms with E-state index in [1.54, 1.807) is 0 Å². The molecule has 228 valence electrons. The Bertz CT molecular complexity index is 2100. The SMILES string of the molecule is [Cl][Zr]([Cl])([CH]1C=Cc2ccccc21)([CH]1C=Cc2ccccc21)([CH]1c2ccccc2-c2ccccc21)[SiH](c1ccccc1)c1ccccc1. The summed E-state index contributed by atoms with van der Waals surface area (Å²) in [5.41, 5.74) is 10.0. The van der Waals surface area contributed by atoms with Crippen LogP contribution in [0.15, 0.2) is 170 Å². The van der Waals surface area contributed by atoms with Crippen molar-refractivity contribution < 1.29 is 14.1 Å². The summed E-state index contributed by atoms with van der Waals surface area (Å²) in [6, 6.07) is 57.9. The summed E-state index contributed by atoms with van der Waals surface area (Å²) < 4.78 is -0.485. The number of rotatable bonds is 6. The van der Waals surface area contributed by atoms with E-state index in [9.17, 15) is 17.0 Å². The molecule has 6 aromatic rings. The molecule has 0 saturated carbocycles. The number of hydrogen-bond donors (Lipinski definition) is 0. The van der Waals surface area contributed by atoms with Gasteiger partial charge in [-0.2, -0.15) is 0 Å². The van der Waals surface area contributed by atoms with E-state index in [0.717, 1.165) is 0 Å². The first-order valence-corrected chi connectivity index (χ1v) is 33.1. The van der Waals surface area contributed by atoms with Gasteiger partial charge in [0.2, 0.25) is 0 Å². The van der Waals surface area contributed by atoms with Crippen molar-refractivity contribution in [1.29, 1.82) is 0 Å². The van der Waals surface area contributed by atoms with Crippen molar-refractivity contribution in [2.24, 2.45) is 0 Å². The molecular formula is C43H34Cl2SiZr. The summed E-state index contributed by atoms with van der Waals surface area (Å²) >= 11 is -6.42. The average molecular weight is 741 g/mol. The van der Waals surface area contributed by atoms with Gasteiger partial charge in [-0.1, -0.05) is 0 Å². The molecule has 0 fully saturated rings. The van der Waals surface area contributed by atoms with Crippen molar-refractivity contribution in [2.45, 2.75) is 10.9 Å². The molecule has 3 aliphatic carbocycles. The Kier molecular flexibility index (Phi) is 6.61. The van der Waals surface area contributed by atoms with Crippen LogP contribution >= 0.6 is 17.0 Å². The minimum absolute atomic E-state index is 0.155. The molecule has 3 aliphatic rings. The van der Waals surface area contributed by atoms with Crippen molar-refractivity contribution in [3.8, 4) is 11.1 Å². The van der Waals surface area contributed by atoms with Gasteiger partial charge >= 0.3 is 285 Å². The number of halogens is 2. The zero-order chi connectivity index (χ0) is 31.7. The van der Waals surface area contributed by atoms with Gasteiger partial charge in [0.15, 0.2) is 0 Å². The molecule has 0 spiro atoms. The van der Waals surface area contributed by atoms with Gasteiger partial charge < -0.3 is 0 Å². The molecule has 0 radical (unpaired) electrons. The fourth-order valence-electron chi connectivity index (χ4n) is 10.1. The van der Waals surface area contributed by atoms with Crippen LogP contribution in [0.2, 0.25) is 0 Å². The van der Waals surface area contributed by atoms with E-state index in [0.29, 0.717) is 0 Å². The van der Waals surface area contributed by atoms with Gasteiger partial charge in [-0.15, -0.1) is 0 Å². The van der Waals surface area contributed by atoms with Gasteiger partial charge in [-0.25, -0.2) is 0 Å². The van der Waals surface area contributed by atoms with Crippen molar-refractivity contribution >= 4 is 45.5 Å². The standard InChI is InChI=1S/C13H9.C12H11Si.2C9H7.2ClH.Zr/c1-3-7-12-10(5-1)9-11-6-2-4-8-13(11)12;1-3-7-11(8-4-1)13-12-9-5-2-6-10-12;2*1-2-5-9-7-3-6-8(9)4-1;;;/h1-9H;1-10,13H;2*1-7H;2*1H;/q;;;;;;+2/p-2. The van der Waals surface area contributed by atoms with Crippen molar-refractivity contribution in [2.75, 3.05) is 0 Å². The zero-order valence-corrected chi connectivity index (χ0v) is 31.0. The van der Waals surface area contributed by atoms with E-state index < -0.39 is 20.0 Å². The van der Waals surface area contributed by atoms with E-state index in [1.807, 2.05) is 0 Å². The molecule has 4 heteroatoms. The second kappa shape index (κ2) is 10.5. The molecule has 0 aliphatic heterocycles. The molecule has 9 rings (SSSR count). The Morgan fingerprint density at radius 1 is 0.404 bits per heavy atom. The number of fused-ring (bicyclic) bond motifs is 5. The van der Waals surface area contributed by atoms with Crippen LogP contribution < -0.4 is 10.4 Å². The average Bonchev–Trinajstić information content (AvgIpc) is 3.85. The third-order valence-electron chi connectivity index (χ3n) is 11.7. The Morgan fingerprint density at radius 3 is 1.21 bits per heavy atom. The predicted molar refractivity (Wildman–Crippen MR) is 201 cm³/mol. The second-order valence-corrected chi connectivity index (χ2v) is 61.6. The molecule has 0 N–H and O–H groups in total. The minimum atomic E-state index is -6.42. The van der Waals surface area contributed by atoms with Crippen LogP contribution in [-0.2, 0) is 14.1 Å². The van der Waals surface area contributed by atoms with Crippen molar-refractivity contribution in [3.05, 3.63) is 203 Å². The van der Waals surface area contributed by atoms with Crippen LogP contribution in [0.25, 0.3) is 23.3 Å². The van der Waals surface area contributed by atoms with E-state index in [4.69, 9.17) is 0 Å². The first-order chi connectivity index (χ1) is 23.0. The van der Waals surface area contributed by atoms with Gasteiger partial charge in [-0.3, -0.25) is 0 Å². The molecule has 6 aromatic carbocycles. The van der Waals surface area contributed by atoms with Crippen LogP contribution in [0.5, 0.6) is 0 Å². The topological polar surface area (TPSA) is 0 Å². The van der Waals surface area contributed by atoms with Crippen LogP contribution in [0.1, 0.15) is 44.3 Å². The van der Waals surface area contributed by atoms with Gasteiger partial charge in [-0.05, 0) is 0 Å². The quantitative estimate of drug-likeness (QED) is 0.149. The van der Waals surface area contributed by atoms with Crippen LogP contribution in [0.4, 0.5) is 0 Å². The Morgan fingerprint density at radius 2 is 0.766 bits per heavy atom. The maximum atomic E-state index is 9.75. The van der Waals surface area contributed by atoms with Gasteiger partial charge in [0.1, 0.15) is 0 Å². The first kappa shape index (κ1) is 29.6. The van der Waals surface area contributed by atoms with Crippen LogP contribution in [0.3, 0.4) is 0 Å². The molecular weight excluding hydrogens is 707 g/mol.